The van der Waals surface area contributed by atoms with Crippen LogP contribution in [0.2, 0.25) is 0 Å². The van der Waals surface area contributed by atoms with Gasteiger partial charge in [-0.1, -0.05) is 133 Å². The van der Waals surface area contributed by atoms with Gasteiger partial charge in [0.1, 0.15) is 12.7 Å². The van der Waals surface area contributed by atoms with Crippen LogP contribution in [-0.4, -0.2) is 81.6 Å². The highest BCUT2D eigenvalue weighted by molar-refractivity contribution is 7.47. The molecule has 0 spiro atoms. The summed E-state index contributed by atoms with van der Waals surface area (Å²) < 4.78 is 47.5. The van der Waals surface area contributed by atoms with E-state index in [9.17, 15) is 33.8 Å². The second kappa shape index (κ2) is 34.8. The van der Waals surface area contributed by atoms with Crippen LogP contribution in [0.1, 0.15) is 130 Å². The molecule has 0 saturated carbocycles. The molecule has 0 aliphatic carbocycles. The van der Waals surface area contributed by atoms with E-state index in [1.165, 1.54) is 25.7 Å². The molecule has 0 aliphatic rings. The fraction of sp³-hybridized carbons (Fsp3) is 0.700. The van der Waals surface area contributed by atoms with Crippen LogP contribution in [0.5, 0.6) is 0 Å². The summed E-state index contributed by atoms with van der Waals surface area (Å²) in [5, 5.41) is 19.9. The summed E-state index contributed by atoms with van der Waals surface area (Å²) in [7, 11) is -9.73. The Morgan fingerprint density at radius 2 is 1.14 bits per heavy atom. The number of phosphoric acid groups is 2. The van der Waals surface area contributed by atoms with Crippen LogP contribution in [-0.2, 0) is 41.8 Å². The number of esters is 2. The van der Waals surface area contributed by atoms with Crippen LogP contribution in [0.15, 0.2) is 60.8 Å². The molecule has 0 aromatic carbocycles. The zero-order chi connectivity index (χ0) is 41.9. The van der Waals surface area contributed by atoms with Crippen molar-refractivity contribution in [2.75, 3.05) is 26.4 Å². The molecule has 2 unspecified atom stereocenters. The maximum atomic E-state index is 12.6. The molecule has 0 bridgehead atoms. The number of ether oxygens (including phenoxy) is 2. The van der Waals surface area contributed by atoms with Crippen molar-refractivity contribution in [3.63, 3.8) is 0 Å². The quantitative estimate of drug-likeness (QED) is 0.0132. The molecule has 0 heterocycles. The number of carbonyl (C=O) groups excluding carboxylic acids is 2. The Morgan fingerprint density at radius 3 is 1.75 bits per heavy atom. The lowest BCUT2D eigenvalue weighted by Crippen LogP contribution is -2.30. The van der Waals surface area contributed by atoms with E-state index in [-0.39, 0.29) is 12.8 Å². The van der Waals surface area contributed by atoms with Gasteiger partial charge in [0.15, 0.2) is 6.10 Å². The van der Waals surface area contributed by atoms with Crippen molar-refractivity contribution in [2.24, 2.45) is 5.92 Å². The normalized spacial score (nSPS) is 15.4. The maximum absolute atomic E-state index is 12.6. The third-order valence-corrected chi connectivity index (χ3v) is 9.38. The molecular formula is C40H70O14P2. The number of carbonyl (C=O) groups is 2. The summed E-state index contributed by atoms with van der Waals surface area (Å²) >= 11 is 0. The summed E-state index contributed by atoms with van der Waals surface area (Å²) in [5.74, 6) is -0.521. The zero-order valence-corrected chi connectivity index (χ0v) is 35.5. The van der Waals surface area contributed by atoms with E-state index in [2.05, 4.69) is 66.3 Å². The number of hydrogen-bond donors (Lipinski definition) is 5. The van der Waals surface area contributed by atoms with Crippen LogP contribution in [0.25, 0.3) is 0 Å². The standard InChI is InChI=1S/C40H70O14P2/c1-4-5-6-7-8-9-10-11-12-13-17-20-23-27-36(41)28-25-30-39(43)50-33-38(34-53-56(48,49)52-32-37(42)31-51-55(45,46)47)54-40(44)29-24-21-18-15-14-16-19-22-26-35(2)3/h5-6,8-9,11-12,17,20,23,27,35-38,41-42H,4,7,10,13-16,18-19,21-22,24-26,28-34H2,1-3H3,(H,48,49)(H2,45,46,47)/b6-5-,9-8-,12-11-,20-17-,27-23+/t36?,37-,38+/m0/s1. The van der Waals surface area contributed by atoms with E-state index in [1.54, 1.807) is 12.2 Å². The summed E-state index contributed by atoms with van der Waals surface area (Å²) in [5.41, 5.74) is 0. The van der Waals surface area contributed by atoms with Gasteiger partial charge in [0.05, 0.1) is 25.9 Å². The molecule has 0 radical (unpaired) electrons. The van der Waals surface area contributed by atoms with Crippen LogP contribution < -0.4 is 0 Å². The minimum absolute atomic E-state index is 0.0374. The van der Waals surface area contributed by atoms with Crippen LogP contribution in [0.4, 0.5) is 0 Å². The molecule has 0 fully saturated rings. The predicted octanol–water partition coefficient (Wildman–Crippen LogP) is 8.49. The average Bonchev–Trinajstić information content (AvgIpc) is 3.13. The largest absolute Gasteiger partial charge is 0.472 e. The molecule has 324 valence electrons. The van der Waals surface area contributed by atoms with E-state index in [0.717, 1.165) is 57.3 Å². The molecular weight excluding hydrogens is 766 g/mol. The number of allylic oxidation sites excluding steroid dienone is 9. The molecule has 16 heteroatoms. The van der Waals surface area contributed by atoms with Crippen LogP contribution in [0.3, 0.4) is 0 Å². The van der Waals surface area contributed by atoms with Gasteiger partial charge in [-0.2, -0.15) is 0 Å². The number of aliphatic hydroxyl groups excluding tert-OH is 2. The number of unbranched alkanes of at least 4 members (excludes halogenated alkanes) is 7. The minimum Gasteiger partial charge on any atom is -0.462 e. The molecule has 0 aromatic heterocycles. The summed E-state index contributed by atoms with van der Waals surface area (Å²) in [6.07, 6.45) is 30.0. The van der Waals surface area contributed by atoms with E-state index >= 15 is 0 Å². The number of rotatable bonds is 36. The third-order valence-electron chi connectivity index (χ3n) is 7.94. The number of aliphatic hydroxyl groups is 2. The Kier molecular flexibility index (Phi) is 33.4. The number of phosphoric ester groups is 2. The van der Waals surface area contributed by atoms with Gasteiger partial charge >= 0.3 is 27.6 Å². The molecule has 0 saturated heterocycles. The van der Waals surface area contributed by atoms with Crippen molar-refractivity contribution < 1.29 is 66.7 Å². The van der Waals surface area contributed by atoms with Crippen molar-refractivity contribution in [2.45, 2.75) is 148 Å². The van der Waals surface area contributed by atoms with Gasteiger partial charge in [-0.3, -0.25) is 23.2 Å². The molecule has 5 N–H and O–H groups in total. The summed E-state index contributed by atoms with van der Waals surface area (Å²) in [4.78, 5) is 52.5. The summed E-state index contributed by atoms with van der Waals surface area (Å²) in [6.45, 7) is 3.64. The lowest BCUT2D eigenvalue weighted by Gasteiger charge is -2.20. The fourth-order valence-corrected chi connectivity index (χ4v) is 6.07. The smallest absolute Gasteiger partial charge is 0.462 e. The topological polar surface area (TPSA) is 216 Å². The zero-order valence-electron chi connectivity index (χ0n) is 33.7. The Labute approximate surface area is 334 Å². The number of hydrogen-bond acceptors (Lipinski definition) is 11. The molecule has 4 atom stereocenters. The van der Waals surface area contributed by atoms with Crippen molar-refractivity contribution in [1.29, 1.82) is 0 Å². The third kappa shape index (κ3) is 38.6. The lowest BCUT2D eigenvalue weighted by atomic mass is 10.0. The highest BCUT2D eigenvalue weighted by Crippen LogP contribution is 2.43. The Balaban J connectivity index is 4.75. The van der Waals surface area contributed by atoms with Crippen molar-refractivity contribution in [1.82, 2.24) is 0 Å². The van der Waals surface area contributed by atoms with Gasteiger partial charge in [0.2, 0.25) is 0 Å². The molecule has 0 aliphatic heterocycles. The molecule has 0 rings (SSSR count). The van der Waals surface area contributed by atoms with E-state index in [1.807, 2.05) is 12.2 Å². The van der Waals surface area contributed by atoms with Gasteiger partial charge < -0.3 is 34.4 Å². The van der Waals surface area contributed by atoms with E-state index in [0.29, 0.717) is 19.3 Å². The maximum Gasteiger partial charge on any atom is 0.472 e. The first-order valence-corrected chi connectivity index (χ1v) is 23.0. The fourth-order valence-electron chi connectivity index (χ4n) is 4.91. The first-order chi connectivity index (χ1) is 26.6. The molecule has 0 aromatic rings. The average molecular weight is 837 g/mol. The Bertz CT molecular complexity index is 1260. The Hall–Kier alpha value is -2.22. The second-order valence-corrected chi connectivity index (χ2v) is 16.6. The highest BCUT2D eigenvalue weighted by Gasteiger charge is 2.28. The van der Waals surface area contributed by atoms with Crippen molar-refractivity contribution in [3.8, 4) is 0 Å². The van der Waals surface area contributed by atoms with Gasteiger partial charge in [-0.25, -0.2) is 9.13 Å². The van der Waals surface area contributed by atoms with Crippen LogP contribution in [0, 0.1) is 5.92 Å². The molecule has 14 nitrogen and oxygen atoms in total. The monoisotopic (exact) mass is 836 g/mol. The van der Waals surface area contributed by atoms with E-state index in [4.69, 9.17) is 23.8 Å². The first kappa shape index (κ1) is 53.8. The van der Waals surface area contributed by atoms with Gasteiger partial charge in [-0.05, 0) is 50.9 Å². The second-order valence-electron chi connectivity index (χ2n) is 13.9. The van der Waals surface area contributed by atoms with Crippen molar-refractivity contribution >= 4 is 27.6 Å². The van der Waals surface area contributed by atoms with Gasteiger partial charge in [0.25, 0.3) is 0 Å². The van der Waals surface area contributed by atoms with Crippen molar-refractivity contribution in [3.05, 3.63) is 60.8 Å². The Morgan fingerprint density at radius 1 is 0.607 bits per heavy atom. The van der Waals surface area contributed by atoms with Gasteiger partial charge in [-0.15, -0.1) is 0 Å². The van der Waals surface area contributed by atoms with Gasteiger partial charge in [0, 0.05) is 12.8 Å². The van der Waals surface area contributed by atoms with Crippen LogP contribution >= 0.6 is 15.6 Å². The molecule has 56 heavy (non-hydrogen) atoms. The van der Waals surface area contributed by atoms with E-state index < -0.39 is 72.3 Å². The predicted molar refractivity (Wildman–Crippen MR) is 217 cm³/mol. The summed E-state index contributed by atoms with van der Waals surface area (Å²) in [6, 6.07) is 0. The highest BCUT2D eigenvalue weighted by atomic mass is 31.2. The SMILES string of the molecule is CC/C=C\C/C=C\C/C=C\C/C=C\C=C\C(O)CCCC(=O)OC[C@H](COP(=O)(O)OC[C@@H](O)COP(=O)(O)O)OC(=O)CCCCCCCCCCC(C)C. The lowest BCUT2D eigenvalue weighted by molar-refractivity contribution is -0.161. The minimum atomic E-state index is -4.88. The first-order valence-electron chi connectivity index (χ1n) is 19.9. The molecule has 0 amide bonds.